The van der Waals surface area contributed by atoms with Crippen molar-refractivity contribution in [2.75, 3.05) is 31.1 Å². The van der Waals surface area contributed by atoms with Crippen molar-refractivity contribution in [2.24, 2.45) is 5.92 Å². The number of hydrogen-bond acceptors (Lipinski definition) is 5. The average molecular weight is 424 g/mol. The standard InChI is InChI=1S/C20H19F3N2O3S/c21-20(22,23)27-15-3-1-13(2-4-15)16-5-6-17(29-16)25-12-19(28-18(25)26)11-24-9-7-14(19)8-10-24/h1-6,14H,7-12H2. The summed E-state index contributed by atoms with van der Waals surface area (Å²) in [5.74, 6) is 0.146. The SMILES string of the molecule is O=C1OC2(CN3CCC2CC3)CN1c1ccc(-c2ccc(OC(F)(F)F)cc2)s1. The molecule has 0 aliphatic carbocycles. The number of ether oxygens (including phenoxy) is 2. The third kappa shape index (κ3) is 3.46. The van der Waals surface area contributed by atoms with Gasteiger partial charge in [-0.3, -0.25) is 9.80 Å². The minimum atomic E-state index is -4.71. The maximum atomic E-state index is 12.6. The fourth-order valence-electron chi connectivity index (χ4n) is 4.63. The number of benzene rings is 1. The van der Waals surface area contributed by atoms with Crippen LogP contribution in [0.1, 0.15) is 12.8 Å². The quantitative estimate of drug-likeness (QED) is 0.714. The van der Waals surface area contributed by atoms with Crippen LogP contribution >= 0.6 is 11.3 Å². The first kappa shape index (κ1) is 18.7. The molecule has 4 fully saturated rings. The van der Waals surface area contributed by atoms with E-state index in [1.165, 1.54) is 23.5 Å². The number of alkyl halides is 3. The van der Waals surface area contributed by atoms with Crippen LogP contribution in [0.4, 0.5) is 23.0 Å². The Kier molecular flexibility index (Phi) is 4.29. The zero-order valence-electron chi connectivity index (χ0n) is 15.4. The molecule has 4 aliphatic heterocycles. The van der Waals surface area contributed by atoms with Crippen molar-refractivity contribution >= 4 is 22.4 Å². The Morgan fingerprint density at radius 1 is 1.07 bits per heavy atom. The van der Waals surface area contributed by atoms with E-state index in [-0.39, 0.29) is 11.8 Å². The topological polar surface area (TPSA) is 42.0 Å². The zero-order valence-corrected chi connectivity index (χ0v) is 16.3. The van der Waals surface area contributed by atoms with Crippen LogP contribution in [0.15, 0.2) is 36.4 Å². The molecule has 0 N–H and O–H groups in total. The molecule has 2 aromatic rings. The van der Waals surface area contributed by atoms with Gasteiger partial charge in [0.2, 0.25) is 0 Å². The van der Waals surface area contributed by atoms with Crippen molar-refractivity contribution in [1.29, 1.82) is 0 Å². The second-order valence-electron chi connectivity index (χ2n) is 7.78. The Bertz CT molecular complexity index is 922. The van der Waals surface area contributed by atoms with Gasteiger partial charge in [-0.25, -0.2) is 4.79 Å². The molecule has 1 aromatic heterocycles. The summed E-state index contributed by atoms with van der Waals surface area (Å²) in [6.07, 6.45) is -2.91. The maximum Gasteiger partial charge on any atom is 0.573 e. The fourth-order valence-corrected chi connectivity index (χ4v) is 5.63. The van der Waals surface area contributed by atoms with Crippen molar-refractivity contribution < 1.29 is 27.4 Å². The number of piperidine rings is 3. The van der Waals surface area contributed by atoms with Gasteiger partial charge in [-0.1, -0.05) is 0 Å². The van der Waals surface area contributed by atoms with Crippen molar-refractivity contribution in [1.82, 2.24) is 4.90 Å². The highest BCUT2D eigenvalue weighted by Crippen LogP contribution is 2.45. The number of thiophene rings is 1. The van der Waals surface area contributed by atoms with Gasteiger partial charge in [0.15, 0.2) is 0 Å². The molecule has 1 spiro atoms. The summed E-state index contributed by atoms with van der Waals surface area (Å²) in [7, 11) is 0. The summed E-state index contributed by atoms with van der Waals surface area (Å²) in [6.45, 7) is 3.48. The molecule has 9 heteroatoms. The lowest BCUT2D eigenvalue weighted by Gasteiger charge is -2.49. The molecule has 29 heavy (non-hydrogen) atoms. The highest BCUT2D eigenvalue weighted by Gasteiger charge is 2.55. The molecule has 0 saturated carbocycles. The van der Waals surface area contributed by atoms with Crippen molar-refractivity contribution in [3.8, 4) is 16.2 Å². The van der Waals surface area contributed by atoms with E-state index in [4.69, 9.17) is 4.74 Å². The Balaban J connectivity index is 1.33. The van der Waals surface area contributed by atoms with Gasteiger partial charge >= 0.3 is 12.5 Å². The van der Waals surface area contributed by atoms with Gasteiger partial charge in [-0.2, -0.15) is 0 Å². The Morgan fingerprint density at radius 3 is 2.41 bits per heavy atom. The monoisotopic (exact) mass is 424 g/mol. The highest BCUT2D eigenvalue weighted by molar-refractivity contribution is 7.19. The minimum Gasteiger partial charge on any atom is -0.439 e. The first-order valence-electron chi connectivity index (χ1n) is 9.50. The molecule has 0 radical (unpaired) electrons. The Labute approximate surface area is 169 Å². The van der Waals surface area contributed by atoms with Gasteiger partial charge in [-0.15, -0.1) is 24.5 Å². The number of nitrogens with zero attached hydrogens (tertiary/aromatic N) is 2. The van der Waals surface area contributed by atoms with Gasteiger partial charge in [-0.05, 0) is 67.9 Å². The minimum absolute atomic E-state index is 0.259. The fraction of sp³-hybridized carbons (Fsp3) is 0.450. The summed E-state index contributed by atoms with van der Waals surface area (Å²) < 4.78 is 46.7. The maximum absolute atomic E-state index is 12.6. The van der Waals surface area contributed by atoms with Crippen LogP contribution in [0.5, 0.6) is 5.75 Å². The van der Waals surface area contributed by atoms with Gasteiger partial charge in [0, 0.05) is 17.3 Å². The van der Waals surface area contributed by atoms with Gasteiger partial charge < -0.3 is 9.47 Å². The molecular formula is C20H19F3N2O3S. The normalized spacial score (nSPS) is 28.8. The van der Waals surface area contributed by atoms with Crippen molar-refractivity contribution in [3.05, 3.63) is 36.4 Å². The third-order valence-corrected chi connectivity index (χ3v) is 7.15. The lowest BCUT2D eigenvalue weighted by atomic mass is 9.75. The van der Waals surface area contributed by atoms with E-state index in [1.54, 1.807) is 17.0 Å². The number of amides is 1. The second kappa shape index (κ2) is 6.63. The molecule has 5 heterocycles. The number of carbonyl (C=O) groups excluding carboxylic acids is 1. The summed E-state index contributed by atoms with van der Waals surface area (Å²) in [6, 6.07) is 9.46. The van der Waals surface area contributed by atoms with Crippen LogP contribution in [0.25, 0.3) is 10.4 Å². The average Bonchev–Trinajstić information content (AvgIpc) is 3.27. The molecule has 6 rings (SSSR count). The van der Waals surface area contributed by atoms with Gasteiger partial charge in [0.05, 0.1) is 6.54 Å². The van der Waals surface area contributed by atoms with Crippen LogP contribution in [-0.2, 0) is 4.74 Å². The Morgan fingerprint density at radius 2 is 1.79 bits per heavy atom. The largest absolute Gasteiger partial charge is 0.573 e. The number of anilines is 1. The van der Waals surface area contributed by atoms with Crippen LogP contribution in [0.3, 0.4) is 0 Å². The molecule has 2 bridgehead atoms. The van der Waals surface area contributed by atoms with Gasteiger partial charge in [0.1, 0.15) is 16.4 Å². The third-order valence-electron chi connectivity index (χ3n) is 5.99. The molecule has 1 aromatic carbocycles. The first-order valence-corrected chi connectivity index (χ1v) is 10.3. The molecule has 1 atom stereocenters. The molecule has 4 saturated heterocycles. The molecular weight excluding hydrogens is 405 g/mol. The number of halogens is 3. The van der Waals surface area contributed by atoms with E-state index in [2.05, 4.69) is 9.64 Å². The van der Waals surface area contributed by atoms with Crippen molar-refractivity contribution in [3.63, 3.8) is 0 Å². The number of hydrogen-bond donors (Lipinski definition) is 0. The molecule has 1 unspecified atom stereocenters. The lowest BCUT2D eigenvalue weighted by Crippen LogP contribution is -2.61. The zero-order chi connectivity index (χ0) is 20.2. The number of carbonyl (C=O) groups is 1. The Hall–Kier alpha value is -2.26. The predicted octanol–water partition coefficient (Wildman–Crippen LogP) is 4.73. The van der Waals surface area contributed by atoms with Crippen LogP contribution in [0, 0.1) is 5.92 Å². The summed E-state index contributed by atoms with van der Waals surface area (Å²) in [5.41, 5.74) is 0.342. The smallest absolute Gasteiger partial charge is 0.439 e. The van der Waals surface area contributed by atoms with E-state index >= 15 is 0 Å². The van der Waals surface area contributed by atoms with E-state index in [0.717, 1.165) is 47.9 Å². The highest BCUT2D eigenvalue weighted by atomic mass is 32.1. The van der Waals surface area contributed by atoms with Crippen molar-refractivity contribution in [2.45, 2.75) is 24.8 Å². The molecule has 154 valence electrons. The van der Waals surface area contributed by atoms with E-state index < -0.39 is 12.0 Å². The van der Waals surface area contributed by atoms with Crippen LogP contribution in [0.2, 0.25) is 0 Å². The first-order chi connectivity index (χ1) is 13.8. The number of fused-ring (bicyclic) bond motifs is 2. The summed E-state index contributed by atoms with van der Waals surface area (Å²) in [5, 5.41) is 0.786. The van der Waals surface area contributed by atoms with Crippen LogP contribution in [-0.4, -0.2) is 49.1 Å². The van der Waals surface area contributed by atoms with E-state index in [0.29, 0.717) is 12.5 Å². The van der Waals surface area contributed by atoms with E-state index in [9.17, 15) is 18.0 Å². The molecule has 5 nitrogen and oxygen atoms in total. The second-order valence-corrected chi connectivity index (χ2v) is 8.84. The molecule has 4 aliphatic rings. The summed E-state index contributed by atoms with van der Waals surface area (Å²) in [4.78, 5) is 17.5. The number of rotatable bonds is 3. The summed E-state index contributed by atoms with van der Waals surface area (Å²) >= 11 is 1.42. The van der Waals surface area contributed by atoms with E-state index in [1.807, 2.05) is 12.1 Å². The van der Waals surface area contributed by atoms with Crippen LogP contribution < -0.4 is 9.64 Å². The predicted molar refractivity (Wildman–Crippen MR) is 102 cm³/mol. The van der Waals surface area contributed by atoms with Gasteiger partial charge in [0.25, 0.3) is 0 Å². The lowest BCUT2D eigenvalue weighted by molar-refractivity contribution is -0.274. The molecule has 1 amide bonds.